The van der Waals surface area contributed by atoms with E-state index in [0.29, 0.717) is 18.9 Å². The molecule has 1 aliphatic rings. The lowest BCUT2D eigenvalue weighted by Gasteiger charge is -2.34. The summed E-state index contributed by atoms with van der Waals surface area (Å²) in [5, 5.41) is 7.20. The normalized spacial score (nSPS) is 16.1. The van der Waals surface area contributed by atoms with Gasteiger partial charge in [0.2, 0.25) is 5.91 Å². The Labute approximate surface area is 154 Å². The van der Waals surface area contributed by atoms with Crippen molar-refractivity contribution in [1.82, 2.24) is 15.5 Å². The zero-order valence-corrected chi connectivity index (χ0v) is 15.6. The number of aliphatic imine (C=N–C) groups is 1. The minimum atomic E-state index is 0.133. The van der Waals surface area contributed by atoms with Gasteiger partial charge in [-0.05, 0) is 37.8 Å². The van der Waals surface area contributed by atoms with E-state index in [1.165, 1.54) is 0 Å². The Morgan fingerprint density at radius 3 is 2.77 bits per heavy atom. The molecule has 1 aromatic heterocycles. The van der Waals surface area contributed by atoms with E-state index in [0.717, 1.165) is 55.2 Å². The van der Waals surface area contributed by atoms with Crippen LogP contribution in [0.4, 0.5) is 0 Å². The summed E-state index contributed by atoms with van der Waals surface area (Å²) in [6.07, 6.45) is 2.65. The van der Waals surface area contributed by atoms with E-state index in [9.17, 15) is 4.79 Å². The van der Waals surface area contributed by atoms with E-state index in [1.807, 2.05) is 18.2 Å². The minimum Gasteiger partial charge on any atom is -0.459 e. The summed E-state index contributed by atoms with van der Waals surface area (Å²) in [7, 11) is 1.70. The molecule has 1 fully saturated rings. The minimum absolute atomic E-state index is 0.133. The highest BCUT2D eigenvalue weighted by atomic mass is 16.3. The number of carbonyl (C=O) groups excluding carboxylic acids is 1. The highest BCUT2D eigenvalue weighted by Crippen LogP contribution is 2.22. The molecule has 0 bridgehead atoms. The third-order valence-electron chi connectivity index (χ3n) is 4.86. The number of carbonyl (C=O) groups is 1. The van der Waals surface area contributed by atoms with Crippen LogP contribution in [0.3, 0.4) is 0 Å². The van der Waals surface area contributed by atoms with Crippen LogP contribution in [-0.2, 0) is 11.3 Å². The maximum absolute atomic E-state index is 11.6. The van der Waals surface area contributed by atoms with Gasteiger partial charge in [-0.15, -0.1) is 0 Å². The maximum atomic E-state index is 11.6. The van der Waals surface area contributed by atoms with Gasteiger partial charge in [-0.1, -0.05) is 18.2 Å². The summed E-state index contributed by atoms with van der Waals surface area (Å²) in [5.74, 6) is 2.39. The van der Waals surface area contributed by atoms with E-state index >= 15 is 0 Å². The van der Waals surface area contributed by atoms with E-state index in [1.54, 1.807) is 7.05 Å². The first-order valence-electron chi connectivity index (χ1n) is 9.41. The first kappa shape index (κ1) is 18.3. The number of piperidine rings is 1. The van der Waals surface area contributed by atoms with Gasteiger partial charge in [0.1, 0.15) is 17.9 Å². The molecule has 26 heavy (non-hydrogen) atoms. The van der Waals surface area contributed by atoms with E-state index in [4.69, 9.17) is 9.41 Å². The van der Waals surface area contributed by atoms with Crippen molar-refractivity contribution in [3.05, 3.63) is 36.1 Å². The number of rotatable bonds is 5. The molecule has 0 unspecified atom stereocenters. The number of benzene rings is 1. The fourth-order valence-electron chi connectivity index (χ4n) is 3.41. The summed E-state index contributed by atoms with van der Waals surface area (Å²) in [5.41, 5.74) is 0.901. The highest BCUT2D eigenvalue weighted by Gasteiger charge is 2.23. The molecule has 0 spiro atoms. The Morgan fingerprint density at radius 1 is 1.31 bits per heavy atom. The zero-order chi connectivity index (χ0) is 18.4. The number of para-hydroxylation sites is 1. The molecule has 6 nitrogen and oxygen atoms in total. The summed E-state index contributed by atoms with van der Waals surface area (Å²) >= 11 is 0. The Balaban J connectivity index is 1.61. The predicted molar refractivity (Wildman–Crippen MR) is 104 cm³/mol. The number of amides is 1. The molecular weight excluding hydrogens is 328 g/mol. The average molecular weight is 356 g/mol. The highest BCUT2D eigenvalue weighted by molar-refractivity contribution is 5.81. The molecule has 0 atom stereocenters. The van der Waals surface area contributed by atoms with Crippen LogP contribution in [0, 0.1) is 5.92 Å². The summed E-state index contributed by atoms with van der Waals surface area (Å²) in [6, 6.07) is 10.1. The summed E-state index contributed by atoms with van der Waals surface area (Å²) in [4.78, 5) is 18.6. The van der Waals surface area contributed by atoms with Gasteiger partial charge in [-0.3, -0.25) is 4.79 Å². The van der Waals surface area contributed by atoms with Crippen molar-refractivity contribution in [2.45, 2.75) is 32.7 Å². The number of guanidine groups is 1. The van der Waals surface area contributed by atoms with E-state index < -0.39 is 0 Å². The van der Waals surface area contributed by atoms with Crippen LogP contribution < -0.4 is 10.6 Å². The maximum Gasteiger partial charge on any atom is 0.220 e. The lowest BCUT2D eigenvalue weighted by molar-refractivity contribution is -0.121. The van der Waals surface area contributed by atoms with E-state index in [2.05, 4.69) is 34.6 Å². The number of likely N-dealkylation sites (tertiary alicyclic amines) is 1. The molecule has 0 saturated carbocycles. The SMILES string of the molecule is CCNC(=NCc1cc2ccccc2o1)N1CCC(CC(=O)NC)CC1. The third-order valence-corrected chi connectivity index (χ3v) is 4.86. The van der Waals surface area contributed by atoms with E-state index in [-0.39, 0.29) is 5.91 Å². The van der Waals surface area contributed by atoms with Crippen molar-refractivity contribution >= 4 is 22.8 Å². The second-order valence-corrected chi connectivity index (χ2v) is 6.73. The molecule has 140 valence electrons. The van der Waals surface area contributed by atoms with Crippen molar-refractivity contribution in [3.63, 3.8) is 0 Å². The Kier molecular flexibility index (Phi) is 6.15. The molecule has 0 aliphatic carbocycles. The number of nitrogens with zero attached hydrogens (tertiary/aromatic N) is 2. The van der Waals surface area contributed by atoms with Crippen LogP contribution in [0.1, 0.15) is 31.9 Å². The molecule has 2 N–H and O–H groups in total. The predicted octanol–water partition coefficient (Wildman–Crippen LogP) is 2.75. The van der Waals surface area contributed by atoms with Gasteiger partial charge in [0.25, 0.3) is 0 Å². The molecule has 1 amide bonds. The van der Waals surface area contributed by atoms with Gasteiger partial charge >= 0.3 is 0 Å². The lowest BCUT2D eigenvalue weighted by Crippen LogP contribution is -2.46. The fourth-order valence-corrected chi connectivity index (χ4v) is 3.41. The number of hydrogen-bond acceptors (Lipinski definition) is 3. The number of hydrogen-bond donors (Lipinski definition) is 2. The van der Waals surface area contributed by atoms with Crippen LogP contribution in [0.15, 0.2) is 39.7 Å². The second kappa shape index (κ2) is 8.74. The van der Waals surface area contributed by atoms with Crippen LogP contribution in [-0.4, -0.2) is 43.4 Å². The van der Waals surface area contributed by atoms with Crippen LogP contribution in [0.25, 0.3) is 11.0 Å². The first-order valence-corrected chi connectivity index (χ1v) is 9.41. The van der Waals surface area contributed by atoms with Gasteiger partial charge < -0.3 is 20.0 Å². The topological polar surface area (TPSA) is 69.9 Å². The molecule has 1 aliphatic heterocycles. The van der Waals surface area contributed by atoms with Gasteiger partial charge in [0, 0.05) is 38.5 Å². The van der Waals surface area contributed by atoms with Crippen molar-refractivity contribution in [2.24, 2.45) is 10.9 Å². The third kappa shape index (κ3) is 4.56. The quantitative estimate of drug-likeness (QED) is 0.638. The number of furan rings is 1. The van der Waals surface area contributed by atoms with Crippen molar-refractivity contribution < 1.29 is 9.21 Å². The Bertz CT molecular complexity index is 727. The smallest absolute Gasteiger partial charge is 0.220 e. The largest absolute Gasteiger partial charge is 0.459 e. The van der Waals surface area contributed by atoms with Gasteiger partial charge in [-0.2, -0.15) is 0 Å². The summed E-state index contributed by atoms with van der Waals surface area (Å²) < 4.78 is 5.86. The molecule has 2 aromatic rings. The van der Waals surface area contributed by atoms with Crippen molar-refractivity contribution in [1.29, 1.82) is 0 Å². The standard InChI is InChI=1S/C20H28N4O2/c1-3-22-20(24-10-8-15(9-11-24)12-19(25)21-2)23-14-17-13-16-6-4-5-7-18(16)26-17/h4-7,13,15H,3,8-12,14H2,1-2H3,(H,21,25)(H,22,23). The van der Waals surface area contributed by atoms with Gasteiger partial charge in [0.15, 0.2) is 5.96 Å². The molecule has 1 saturated heterocycles. The van der Waals surface area contributed by atoms with Gasteiger partial charge in [0.05, 0.1) is 0 Å². The lowest BCUT2D eigenvalue weighted by atomic mass is 9.93. The Morgan fingerprint density at radius 2 is 2.08 bits per heavy atom. The molecule has 3 rings (SSSR count). The van der Waals surface area contributed by atoms with Crippen LogP contribution in [0.2, 0.25) is 0 Å². The number of fused-ring (bicyclic) bond motifs is 1. The Hall–Kier alpha value is -2.50. The van der Waals surface area contributed by atoms with Crippen LogP contribution >= 0.6 is 0 Å². The average Bonchev–Trinajstić information content (AvgIpc) is 3.08. The molecule has 0 radical (unpaired) electrons. The molecule has 1 aromatic carbocycles. The van der Waals surface area contributed by atoms with Crippen LogP contribution in [0.5, 0.6) is 0 Å². The first-order chi connectivity index (χ1) is 12.7. The van der Waals surface area contributed by atoms with Crippen molar-refractivity contribution in [2.75, 3.05) is 26.7 Å². The second-order valence-electron chi connectivity index (χ2n) is 6.73. The monoisotopic (exact) mass is 356 g/mol. The number of nitrogens with one attached hydrogen (secondary N) is 2. The summed E-state index contributed by atoms with van der Waals surface area (Å²) in [6.45, 7) is 5.28. The zero-order valence-electron chi connectivity index (χ0n) is 15.6. The molecular formula is C20H28N4O2. The van der Waals surface area contributed by atoms with Crippen molar-refractivity contribution in [3.8, 4) is 0 Å². The fraction of sp³-hybridized carbons (Fsp3) is 0.500. The van der Waals surface area contributed by atoms with Gasteiger partial charge in [-0.25, -0.2) is 4.99 Å². The molecule has 2 heterocycles. The molecule has 6 heteroatoms.